The third-order valence-corrected chi connectivity index (χ3v) is 3.85. The van der Waals surface area contributed by atoms with Crippen molar-refractivity contribution in [2.45, 2.75) is 38.8 Å². The van der Waals surface area contributed by atoms with E-state index in [9.17, 15) is 0 Å². The predicted molar refractivity (Wildman–Crippen MR) is 74.8 cm³/mol. The van der Waals surface area contributed by atoms with Crippen LogP contribution in [0.25, 0.3) is 0 Å². The average molecular weight is 248 g/mol. The first-order chi connectivity index (χ1) is 8.72. The van der Waals surface area contributed by atoms with E-state index in [1.165, 1.54) is 31.4 Å². The number of rotatable bonds is 4. The van der Waals surface area contributed by atoms with Gasteiger partial charge < -0.3 is 15.4 Å². The fourth-order valence-electron chi connectivity index (χ4n) is 2.61. The lowest BCUT2D eigenvalue weighted by Crippen LogP contribution is -2.40. The monoisotopic (exact) mass is 248 g/mol. The molecule has 18 heavy (non-hydrogen) atoms. The molecule has 0 aromatic heterocycles. The van der Waals surface area contributed by atoms with Gasteiger partial charge in [0.05, 0.1) is 0 Å². The minimum Gasteiger partial charge on any atom is -0.491 e. The molecule has 3 heteroatoms. The number of piperidine rings is 1. The molecule has 1 fully saturated rings. The predicted octanol–water partition coefficient (Wildman–Crippen LogP) is 2.32. The van der Waals surface area contributed by atoms with Gasteiger partial charge in [-0.15, -0.1) is 0 Å². The maximum absolute atomic E-state index is 6.05. The molecule has 1 unspecified atom stereocenters. The molecular weight excluding hydrogens is 224 g/mol. The molecule has 2 N–H and O–H groups in total. The van der Waals surface area contributed by atoms with Crippen molar-refractivity contribution in [2.75, 3.05) is 20.2 Å². The molecular formula is C15H24N2O. The van der Waals surface area contributed by atoms with E-state index < -0.39 is 0 Å². The molecule has 1 aliphatic rings. The van der Waals surface area contributed by atoms with Gasteiger partial charge in [0.1, 0.15) is 12.4 Å². The maximum Gasteiger partial charge on any atom is 0.126 e. The highest BCUT2D eigenvalue weighted by Gasteiger charge is 2.20. The summed E-state index contributed by atoms with van der Waals surface area (Å²) in [6.45, 7) is 4.58. The highest BCUT2D eigenvalue weighted by molar-refractivity contribution is 5.40. The molecule has 0 saturated carbocycles. The van der Waals surface area contributed by atoms with Crippen LogP contribution in [-0.2, 0) is 6.54 Å². The Morgan fingerprint density at radius 2 is 2.22 bits per heavy atom. The number of ether oxygens (including phenoxy) is 1. The molecule has 1 heterocycles. The second-order valence-electron chi connectivity index (χ2n) is 5.21. The number of hydrogen-bond acceptors (Lipinski definition) is 3. The maximum atomic E-state index is 6.05. The molecule has 0 spiro atoms. The molecule has 1 aromatic rings. The van der Waals surface area contributed by atoms with E-state index in [2.05, 4.69) is 24.9 Å². The second-order valence-corrected chi connectivity index (χ2v) is 5.21. The summed E-state index contributed by atoms with van der Waals surface area (Å²) in [4.78, 5) is 2.41. The van der Waals surface area contributed by atoms with Crippen LogP contribution in [0.15, 0.2) is 18.2 Å². The van der Waals surface area contributed by atoms with E-state index in [4.69, 9.17) is 10.5 Å². The fourth-order valence-corrected chi connectivity index (χ4v) is 2.61. The number of likely N-dealkylation sites (N-methyl/N-ethyl adjacent to an activating group) is 1. The molecule has 0 amide bonds. The van der Waals surface area contributed by atoms with Crippen LogP contribution in [0.5, 0.6) is 5.75 Å². The lowest BCUT2D eigenvalue weighted by Gasteiger charge is -2.32. The largest absolute Gasteiger partial charge is 0.491 e. The second kappa shape index (κ2) is 6.21. The summed E-state index contributed by atoms with van der Waals surface area (Å²) in [6.07, 6.45) is 3.86. The summed E-state index contributed by atoms with van der Waals surface area (Å²) in [5, 5.41) is 0. The summed E-state index contributed by atoms with van der Waals surface area (Å²) in [5.41, 5.74) is 8.05. The van der Waals surface area contributed by atoms with Crippen LogP contribution in [-0.4, -0.2) is 31.1 Å². The molecule has 2 rings (SSSR count). The SMILES string of the molecule is Cc1cccc(CN)c1OCC1CCCCN1C. The van der Waals surface area contributed by atoms with Crippen molar-refractivity contribution in [1.82, 2.24) is 4.90 Å². The smallest absolute Gasteiger partial charge is 0.126 e. The Morgan fingerprint density at radius 1 is 1.39 bits per heavy atom. The van der Waals surface area contributed by atoms with Gasteiger partial charge in [-0.05, 0) is 38.9 Å². The summed E-state index contributed by atoms with van der Waals surface area (Å²) < 4.78 is 6.05. The topological polar surface area (TPSA) is 38.5 Å². The first-order valence-corrected chi connectivity index (χ1v) is 6.84. The number of nitrogens with two attached hydrogens (primary N) is 1. The van der Waals surface area contributed by atoms with E-state index >= 15 is 0 Å². The molecule has 1 saturated heterocycles. The van der Waals surface area contributed by atoms with Crippen molar-refractivity contribution in [3.05, 3.63) is 29.3 Å². The van der Waals surface area contributed by atoms with Gasteiger partial charge in [-0.2, -0.15) is 0 Å². The Labute approximate surface area is 110 Å². The first-order valence-electron chi connectivity index (χ1n) is 6.84. The van der Waals surface area contributed by atoms with Crippen molar-refractivity contribution < 1.29 is 4.74 Å². The van der Waals surface area contributed by atoms with Gasteiger partial charge in [-0.25, -0.2) is 0 Å². The Morgan fingerprint density at radius 3 is 2.94 bits per heavy atom. The third-order valence-electron chi connectivity index (χ3n) is 3.85. The van der Waals surface area contributed by atoms with Gasteiger partial charge in [-0.3, -0.25) is 0 Å². The van der Waals surface area contributed by atoms with Gasteiger partial charge in [0.2, 0.25) is 0 Å². The van der Waals surface area contributed by atoms with E-state index in [1.54, 1.807) is 0 Å². The normalized spacial score (nSPS) is 20.9. The van der Waals surface area contributed by atoms with Gasteiger partial charge in [0, 0.05) is 18.2 Å². The summed E-state index contributed by atoms with van der Waals surface area (Å²) >= 11 is 0. The van der Waals surface area contributed by atoms with Crippen molar-refractivity contribution >= 4 is 0 Å². The standard InChI is InChI=1S/C15H24N2O/c1-12-6-5-7-13(10-16)15(12)18-11-14-8-3-4-9-17(14)2/h5-7,14H,3-4,8-11,16H2,1-2H3. The van der Waals surface area contributed by atoms with Crippen LogP contribution in [0.3, 0.4) is 0 Å². The van der Waals surface area contributed by atoms with Crippen LogP contribution in [0, 0.1) is 6.92 Å². The van der Waals surface area contributed by atoms with Gasteiger partial charge in [0.25, 0.3) is 0 Å². The number of aryl methyl sites for hydroxylation is 1. The van der Waals surface area contributed by atoms with E-state index in [-0.39, 0.29) is 0 Å². The molecule has 100 valence electrons. The van der Waals surface area contributed by atoms with Crippen molar-refractivity contribution in [2.24, 2.45) is 5.73 Å². The minimum absolute atomic E-state index is 0.539. The third kappa shape index (κ3) is 3.03. The van der Waals surface area contributed by atoms with Crippen LogP contribution in [0.2, 0.25) is 0 Å². The summed E-state index contributed by atoms with van der Waals surface area (Å²) in [7, 11) is 2.19. The van der Waals surface area contributed by atoms with Crippen LogP contribution < -0.4 is 10.5 Å². The zero-order valence-corrected chi connectivity index (χ0v) is 11.5. The zero-order valence-electron chi connectivity index (χ0n) is 11.5. The molecule has 1 aliphatic heterocycles. The van der Waals surface area contributed by atoms with Crippen LogP contribution in [0.4, 0.5) is 0 Å². The van der Waals surface area contributed by atoms with E-state index in [1.807, 2.05) is 12.1 Å². The Bertz CT molecular complexity index is 392. The lowest BCUT2D eigenvalue weighted by atomic mass is 10.0. The molecule has 3 nitrogen and oxygen atoms in total. The molecule has 0 radical (unpaired) electrons. The van der Waals surface area contributed by atoms with Crippen molar-refractivity contribution in [3.63, 3.8) is 0 Å². The Hall–Kier alpha value is -1.06. The number of nitrogens with zero attached hydrogens (tertiary/aromatic N) is 1. The first kappa shape index (κ1) is 13.4. The molecule has 0 bridgehead atoms. The minimum atomic E-state index is 0.539. The Balaban J connectivity index is 2.01. The summed E-state index contributed by atoms with van der Waals surface area (Å²) in [5.74, 6) is 0.985. The number of benzene rings is 1. The lowest BCUT2D eigenvalue weighted by molar-refractivity contribution is 0.124. The van der Waals surface area contributed by atoms with Crippen LogP contribution >= 0.6 is 0 Å². The van der Waals surface area contributed by atoms with Crippen molar-refractivity contribution in [1.29, 1.82) is 0 Å². The quantitative estimate of drug-likeness (QED) is 0.888. The number of para-hydroxylation sites is 1. The molecule has 1 atom stereocenters. The van der Waals surface area contributed by atoms with Gasteiger partial charge in [-0.1, -0.05) is 24.6 Å². The van der Waals surface area contributed by atoms with E-state index in [0.717, 1.165) is 17.9 Å². The highest BCUT2D eigenvalue weighted by atomic mass is 16.5. The van der Waals surface area contributed by atoms with Gasteiger partial charge in [0.15, 0.2) is 0 Å². The number of hydrogen-bond donors (Lipinski definition) is 1. The molecule has 1 aromatic carbocycles. The number of likely N-dealkylation sites (tertiary alicyclic amines) is 1. The van der Waals surface area contributed by atoms with E-state index in [0.29, 0.717) is 12.6 Å². The van der Waals surface area contributed by atoms with Crippen molar-refractivity contribution in [3.8, 4) is 5.75 Å². The fraction of sp³-hybridized carbons (Fsp3) is 0.600. The van der Waals surface area contributed by atoms with Gasteiger partial charge >= 0.3 is 0 Å². The summed E-state index contributed by atoms with van der Waals surface area (Å²) in [6, 6.07) is 6.72. The highest BCUT2D eigenvalue weighted by Crippen LogP contribution is 2.24. The Kier molecular flexibility index (Phi) is 4.61. The average Bonchev–Trinajstić information content (AvgIpc) is 2.39. The zero-order chi connectivity index (χ0) is 13.0. The van der Waals surface area contributed by atoms with Crippen LogP contribution in [0.1, 0.15) is 30.4 Å². The molecule has 0 aliphatic carbocycles.